The molecule has 3 rings (SSSR count). The minimum atomic E-state index is -0.163. The molecule has 1 fully saturated rings. The van der Waals surface area contributed by atoms with Gasteiger partial charge in [-0.3, -0.25) is 9.69 Å². The Morgan fingerprint density at radius 1 is 1.17 bits per heavy atom. The number of hydrogen-bond donors (Lipinski definition) is 0. The van der Waals surface area contributed by atoms with Gasteiger partial charge in [0.1, 0.15) is 5.75 Å². The highest BCUT2D eigenvalue weighted by molar-refractivity contribution is 8.27. The van der Waals surface area contributed by atoms with E-state index < -0.39 is 0 Å². The van der Waals surface area contributed by atoms with Crippen molar-refractivity contribution in [3.63, 3.8) is 0 Å². The molecule has 1 amide bonds. The molecule has 1 heterocycles. The van der Waals surface area contributed by atoms with Gasteiger partial charge in [-0.05, 0) is 35.9 Å². The van der Waals surface area contributed by atoms with Crippen LogP contribution in [0.2, 0.25) is 5.02 Å². The van der Waals surface area contributed by atoms with Gasteiger partial charge in [0.25, 0.3) is 5.91 Å². The van der Waals surface area contributed by atoms with E-state index in [1.807, 2.05) is 42.5 Å². The second-order valence-electron chi connectivity index (χ2n) is 4.74. The quantitative estimate of drug-likeness (QED) is 0.582. The lowest BCUT2D eigenvalue weighted by molar-refractivity contribution is -0.113. The summed E-state index contributed by atoms with van der Waals surface area (Å²) in [6.07, 6.45) is 1.82. The number of thiocarbonyl (C=S) groups is 1. The molecule has 0 bridgehead atoms. The Bertz CT molecular complexity index is 802. The van der Waals surface area contributed by atoms with Crippen LogP contribution in [0, 0.1) is 0 Å². The number of nitrogens with zero attached hydrogens (tertiary/aromatic N) is 1. The van der Waals surface area contributed by atoms with E-state index in [2.05, 4.69) is 0 Å². The first-order chi connectivity index (χ1) is 11.1. The SMILES string of the molecule is COc1ccc(C=C2SC(=S)N(c3ccccc3Cl)C2=O)cc1. The summed E-state index contributed by atoms with van der Waals surface area (Å²) < 4.78 is 5.60. The van der Waals surface area contributed by atoms with E-state index in [1.165, 1.54) is 16.7 Å². The summed E-state index contributed by atoms with van der Waals surface area (Å²) in [6, 6.07) is 14.6. The van der Waals surface area contributed by atoms with Crippen molar-refractivity contribution in [2.75, 3.05) is 12.0 Å². The van der Waals surface area contributed by atoms with E-state index in [9.17, 15) is 4.79 Å². The lowest BCUT2D eigenvalue weighted by Crippen LogP contribution is -2.27. The fourth-order valence-electron chi connectivity index (χ4n) is 2.16. The van der Waals surface area contributed by atoms with Gasteiger partial charge in [-0.15, -0.1) is 0 Å². The van der Waals surface area contributed by atoms with E-state index in [0.29, 0.717) is 19.9 Å². The van der Waals surface area contributed by atoms with Crippen LogP contribution in [0.4, 0.5) is 5.69 Å². The molecule has 1 aliphatic rings. The molecule has 0 spiro atoms. The molecule has 0 aromatic heterocycles. The summed E-state index contributed by atoms with van der Waals surface area (Å²) >= 11 is 12.8. The third-order valence-corrected chi connectivity index (χ3v) is 4.92. The molecular formula is C17H12ClNO2S2. The Labute approximate surface area is 148 Å². The molecule has 0 aliphatic carbocycles. The molecule has 0 saturated carbocycles. The van der Waals surface area contributed by atoms with Crippen molar-refractivity contribution >= 4 is 57.6 Å². The van der Waals surface area contributed by atoms with E-state index in [1.54, 1.807) is 19.2 Å². The van der Waals surface area contributed by atoms with Gasteiger partial charge in [0.05, 0.1) is 22.7 Å². The Morgan fingerprint density at radius 3 is 2.52 bits per heavy atom. The number of halogens is 1. The minimum absolute atomic E-state index is 0.163. The number of hydrogen-bond acceptors (Lipinski definition) is 4. The van der Waals surface area contributed by atoms with Crippen LogP contribution >= 0.6 is 35.6 Å². The Kier molecular flexibility index (Phi) is 4.71. The van der Waals surface area contributed by atoms with Crippen molar-refractivity contribution in [2.24, 2.45) is 0 Å². The predicted molar refractivity (Wildman–Crippen MR) is 100 cm³/mol. The van der Waals surface area contributed by atoms with Crippen molar-refractivity contribution in [2.45, 2.75) is 0 Å². The Morgan fingerprint density at radius 2 is 1.87 bits per heavy atom. The molecule has 23 heavy (non-hydrogen) atoms. The van der Waals surface area contributed by atoms with Gasteiger partial charge in [0, 0.05) is 0 Å². The maximum Gasteiger partial charge on any atom is 0.270 e. The molecule has 116 valence electrons. The smallest absolute Gasteiger partial charge is 0.270 e. The number of anilines is 1. The van der Waals surface area contributed by atoms with Crippen molar-refractivity contribution in [1.82, 2.24) is 0 Å². The first-order valence-corrected chi connectivity index (χ1v) is 8.37. The number of benzene rings is 2. The summed E-state index contributed by atoms with van der Waals surface area (Å²) in [6.45, 7) is 0. The number of thioether (sulfide) groups is 1. The monoisotopic (exact) mass is 361 g/mol. The zero-order valence-corrected chi connectivity index (χ0v) is 14.5. The predicted octanol–water partition coefficient (Wildman–Crippen LogP) is 4.75. The van der Waals surface area contributed by atoms with Crippen molar-refractivity contribution in [3.05, 3.63) is 64.0 Å². The molecule has 2 aromatic carbocycles. The maximum absolute atomic E-state index is 12.7. The largest absolute Gasteiger partial charge is 0.497 e. The highest BCUT2D eigenvalue weighted by atomic mass is 35.5. The van der Waals surface area contributed by atoms with E-state index in [-0.39, 0.29) is 5.91 Å². The second-order valence-corrected chi connectivity index (χ2v) is 6.82. The van der Waals surface area contributed by atoms with Crippen molar-refractivity contribution < 1.29 is 9.53 Å². The summed E-state index contributed by atoms with van der Waals surface area (Å²) in [5, 5.41) is 0.495. The molecule has 2 aromatic rings. The number of rotatable bonds is 3. The van der Waals surface area contributed by atoms with Crippen LogP contribution in [0.1, 0.15) is 5.56 Å². The van der Waals surface area contributed by atoms with Gasteiger partial charge in [0.2, 0.25) is 0 Å². The van der Waals surface area contributed by atoms with Crippen molar-refractivity contribution in [3.8, 4) is 5.75 Å². The van der Waals surface area contributed by atoms with Crippen LogP contribution in [0.5, 0.6) is 5.75 Å². The third-order valence-electron chi connectivity index (χ3n) is 3.30. The van der Waals surface area contributed by atoms with Gasteiger partial charge < -0.3 is 4.74 Å². The fraction of sp³-hybridized carbons (Fsp3) is 0.0588. The zero-order chi connectivity index (χ0) is 16.4. The van der Waals surface area contributed by atoms with Gasteiger partial charge in [0.15, 0.2) is 4.32 Å². The Hall–Kier alpha value is -1.82. The second kappa shape index (κ2) is 6.74. The standard InChI is InChI=1S/C17H12ClNO2S2/c1-21-12-8-6-11(7-9-12)10-15-16(20)19(17(22)23-15)14-5-3-2-4-13(14)18/h2-10H,1H3. The fourth-order valence-corrected chi connectivity index (χ4v) is 3.67. The molecule has 1 aliphatic heterocycles. The lowest BCUT2D eigenvalue weighted by Gasteiger charge is -2.15. The van der Waals surface area contributed by atoms with Crippen LogP contribution < -0.4 is 9.64 Å². The van der Waals surface area contributed by atoms with Gasteiger partial charge in [-0.2, -0.15) is 0 Å². The topological polar surface area (TPSA) is 29.5 Å². The van der Waals surface area contributed by atoms with Gasteiger partial charge in [-0.25, -0.2) is 0 Å². The van der Waals surface area contributed by atoms with Gasteiger partial charge >= 0.3 is 0 Å². The molecule has 3 nitrogen and oxygen atoms in total. The first-order valence-electron chi connectivity index (χ1n) is 6.76. The minimum Gasteiger partial charge on any atom is -0.497 e. The summed E-state index contributed by atoms with van der Waals surface area (Å²) in [5.74, 6) is 0.606. The van der Waals surface area contributed by atoms with Crippen LogP contribution in [0.25, 0.3) is 6.08 Å². The van der Waals surface area contributed by atoms with Gasteiger partial charge in [-0.1, -0.05) is 59.8 Å². The summed E-state index contributed by atoms with van der Waals surface area (Å²) in [4.78, 5) is 14.7. The zero-order valence-electron chi connectivity index (χ0n) is 12.2. The van der Waals surface area contributed by atoms with Crippen LogP contribution in [-0.4, -0.2) is 17.3 Å². The third kappa shape index (κ3) is 3.27. The Balaban J connectivity index is 1.91. The molecule has 0 radical (unpaired) electrons. The average Bonchev–Trinajstić information content (AvgIpc) is 2.83. The number of ether oxygens (including phenoxy) is 1. The summed E-state index contributed by atoms with van der Waals surface area (Å²) in [7, 11) is 1.61. The van der Waals surface area contributed by atoms with Crippen LogP contribution in [-0.2, 0) is 4.79 Å². The molecule has 1 saturated heterocycles. The van der Waals surface area contributed by atoms with Crippen molar-refractivity contribution in [1.29, 1.82) is 0 Å². The number of methoxy groups -OCH3 is 1. The molecule has 0 N–H and O–H groups in total. The molecular weight excluding hydrogens is 350 g/mol. The number of para-hydroxylation sites is 1. The van der Waals surface area contributed by atoms with Crippen LogP contribution in [0.15, 0.2) is 53.4 Å². The van der Waals surface area contributed by atoms with E-state index >= 15 is 0 Å². The number of amides is 1. The normalized spacial score (nSPS) is 16.3. The molecule has 6 heteroatoms. The highest BCUT2D eigenvalue weighted by Crippen LogP contribution is 2.38. The number of carbonyl (C=O) groups is 1. The number of carbonyl (C=O) groups excluding carboxylic acids is 1. The van der Waals surface area contributed by atoms with Crippen LogP contribution in [0.3, 0.4) is 0 Å². The maximum atomic E-state index is 12.7. The first kappa shape index (κ1) is 16.1. The average molecular weight is 362 g/mol. The molecule has 0 atom stereocenters. The lowest BCUT2D eigenvalue weighted by atomic mass is 10.2. The highest BCUT2D eigenvalue weighted by Gasteiger charge is 2.34. The van der Waals surface area contributed by atoms with E-state index in [0.717, 1.165) is 11.3 Å². The molecule has 0 unspecified atom stereocenters. The summed E-state index contributed by atoms with van der Waals surface area (Å²) in [5.41, 5.74) is 1.51. The van der Waals surface area contributed by atoms with E-state index in [4.69, 9.17) is 28.6 Å².